The summed E-state index contributed by atoms with van der Waals surface area (Å²) in [5.41, 5.74) is 7.52. The number of rotatable bonds is 8. The molecule has 12 heteroatoms. The summed E-state index contributed by atoms with van der Waals surface area (Å²) in [6, 6.07) is 12.4. The normalized spacial score (nSPS) is 12.1. The minimum atomic E-state index is -3.67. The Kier molecular flexibility index (Phi) is 6.81. The third-order valence-electron chi connectivity index (χ3n) is 6.78. The summed E-state index contributed by atoms with van der Waals surface area (Å²) >= 11 is 0. The van der Waals surface area contributed by atoms with Crippen molar-refractivity contribution in [3.8, 4) is 33.6 Å². The van der Waals surface area contributed by atoms with Crippen LogP contribution in [0.2, 0.25) is 0 Å². The zero-order chi connectivity index (χ0) is 28.7. The molecule has 4 N–H and O–H groups in total. The maximum absolute atomic E-state index is 14.6. The second-order valence-electron chi connectivity index (χ2n) is 10.3. The lowest BCUT2D eigenvalue weighted by atomic mass is 10.00. The molecule has 0 fully saturated rings. The molecule has 0 aliphatic rings. The first-order valence-electron chi connectivity index (χ1n) is 12.8. The predicted molar refractivity (Wildman–Crippen MR) is 157 cm³/mol. The number of fused-ring (bicyclic) bond motifs is 2. The first-order valence-corrected chi connectivity index (χ1v) is 14.6. The minimum Gasteiger partial charge on any atom is -0.338 e. The quantitative estimate of drug-likeness (QED) is 0.248. The topological polar surface area (TPSA) is 147 Å². The summed E-state index contributed by atoms with van der Waals surface area (Å²) in [4.78, 5) is 18.9. The van der Waals surface area contributed by atoms with E-state index in [1.807, 2.05) is 38.6 Å². The van der Waals surface area contributed by atoms with Crippen LogP contribution in [0, 0.1) is 5.82 Å². The molecule has 0 atom stereocenters. The standard InChI is InChI=1S/C29H27FN8O2S/c1-38(2)16-18-8-20(14-32-13-18)21-11-25-27(36-37-29(25)34-15-21)26-12-24-23(3-5-33-28(24)35-26)19-7-17(9-22(30)10-19)4-6-41(31,39)40/h3,5,7-15H,4,6,16H2,1-2H3,(H,33,35)(H2,31,39,40)(H,34,36,37). The van der Waals surface area contributed by atoms with Gasteiger partial charge in [0.2, 0.25) is 10.0 Å². The highest BCUT2D eigenvalue weighted by Gasteiger charge is 2.16. The van der Waals surface area contributed by atoms with E-state index in [0.29, 0.717) is 22.4 Å². The van der Waals surface area contributed by atoms with Gasteiger partial charge in [-0.25, -0.2) is 27.9 Å². The number of nitrogens with zero attached hydrogens (tertiary/aromatic N) is 5. The van der Waals surface area contributed by atoms with Crippen molar-refractivity contribution in [3.05, 3.63) is 84.2 Å². The zero-order valence-corrected chi connectivity index (χ0v) is 23.2. The molecule has 0 aliphatic carbocycles. The molecule has 0 bridgehead atoms. The maximum atomic E-state index is 14.6. The van der Waals surface area contributed by atoms with Crippen LogP contribution in [0.4, 0.5) is 4.39 Å². The lowest BCUT2D eigenvalue weighted by Gasteiger charge is -2.10. The maximum Gasteiger partial charge on any atom is 0.209 e. The summed E-state index contributed by atoms with van der Waals surface area (Å²) in [7, 11) is 0.356. The molecule has 0 unspecified atom stereocenters. The van der Waals surface area contributed by atoms with Crippen LogP contribution in [0.3, 0.4) is 0 Å². The highest BCUT2D eigenvalue weighted by atomic mass is 32.2. The zero-order valence-electron chi connectivity index (χ0n) is 22.4. The van der Waals surface area contributed by atoms with Crippen LogP contribution in [0.15, 0.2) is 67.3 Å². The Morgan fingerprint density at radius 2 is 1.73 bits per heavy atom. The van der Waals surface area contributed by atoms with Crippen molar-refractivity contribution < 1.29 is 12.8 Å². The van der Waals surface area contributed by atoms with Gasteiger partial charge in [0.1, 0.15) is 11.5 Å². The number of aryl methyl sites for hydroxylation is 1. The fourth-order valence-corrected chi connectivity index (χ4v) is 5.50. The van der Waals surface area contributed by atoms with Gasteiger partial charge in [-0.3, -0.25) is 10.1 Å². The molecule has 0 aliphatic heterocycles. The van der Waals surface area contributed by atoms with Gasteiger partial charge in [-0.05, 0) is 79.2 Å². The Morgan fingerprint density at radius 3 is 2.54 bits per heavy atom. The van der Waals surface area contributed by atoms with E-state index in [4.69, 9.17) is 5.14 Å². The highest BCUT2D eigenvalue weighted by Crippen LogP contribution is 2.34. The van der Waals surface area contributed by atoms with Crippen LogP contribution in [0.25, 0.3) is 55.7 Å². The number of hydrogen-bond acceptors (Lipinski definition) is 7. The van der Waals surface area contributed by atoms with Crippen LogP contribution in [0.1, 0.15) is 11.1 Å². The molecule has 208 valence electrons. The summed E-state index contributed by atoms with van der Waals surface area (Å²) in [6.45, 7) is 0.775. The Hall–Kier alpha value is -4.52. The largest absolute Gasteiger partial charge is 0.338 e. The predicted octanol–water partition coefficient (Wildman–Crippen LogP) is 4.26. The average molecular weight is 571 g/mol. The van der Waals surface area contributed by atoms with Gasteiger partial charge < -0.3 is 9.88 Å². The van der Waals surface area contributed by atoms with Gasteiger partial charge in [-0.15, -0.1) is 0 Å². The monoisotopic (exact) mass is 570 g/mol. The number of halogens is 1. The van der Waals surface area contributed by atoms with Crippen LogP contribution >= 0.6 is 0 Å². The van der Waals surface area contributed by atoms with Crippen molar-refractivity contribution in [1.29, 1.82) is 0 Å². The second-order valence-corrected chi connectivity index (χ2v) is 12.0. The molecule has 0 spiro atoms. The molecule has 0 saturated carbocycles. The molecule has 5 heterocycles. The van der Waals surface area contributed by atoms with E-state index in [1.54, 1.807) is 24.5 Å². The highest BCUT2D eigenvalue weighted by molar-refractivity contribution is 7.89. The van der Waals surface area contributed by atoms with Gasteiger partial charge in [-0.2, -0.15) is 5.10 Å². The molecule has 6 rings (SSSR count). The summed E-state index contributed by atoms with van der Waals surface area (Å²) in [6.07, 6.45) is 7.21. The van der Waals surface area contributed by atoms with Crippen LogP contribution in [-0.2, 0) is 23.0 Å². The van der Waals surface area contributed by atoms with E-state index in [9.17, 15) is 12.8 Å². The van der Waals surface area contributed by atoms with Crippen LogP contribution in [0.5, 0.6) is 0 Å². The smallest absolute Gasteiger partial charge is 0.209 e. The van der Waals surface area contributed by atoms with E-state index in [2.05, 4.69) is 41.1 Å². The summed E-state index contributed by atoms with van der Waals surface area (Å²) in [5.74, 6) is -0.732. The first-order chi connectivity index (χ1) is 19.6. The van der Waals surface area contributed by atoms with E-state index in [0.717, 1.165) is 51.0 Å². The van der Waals surface area contributed by atoms with Gasteiger partial charge in [0, 0.05) is 53.2 Å². The lowest BCUT2D eigenvalue weighted by molar-refractivity contribution is 0.402. The van der Waals surface area contributed by atoms with Crippen molar-refractivity contribution in [2.45, 2.75) is 13.0 Å². The summed E-state index contributed by atoms with van der Waals surface area (Å²) < 4.78 is 37.4. The van der Waals surface area contributed by atoms with E-state index in [-0.39, 0.29) is 12.2 Å². The van der Waals surface area contributed by atoms with Gasteiger partial charge in [0.25, 0.3) is 0 Å². The Morgan fingerprint density at radius 1 is 0.927 bits per heavy atom. The number of nitrogens with one attached hydrogen (secondary N) is 2. The first kappa shape index (κ1) is 26.7. The van der Waals surface area contributed by atoms with Gasteiger partial charge >= 0.3 is 0 Å². The Bertz CT molecular complexity index is 2020. The molecule has 1 aromatic carbocycles. The number of benzene rings is 1. The van der Waals surface area contributed by atoms with Gasteiger partial charge in [-0.1, -0.05) is 6.07 Å². The molecule has 0 radical (unpaired) electrons. The fraction of sp³-hybridized carbons (Fsp3) is 0.172. The van der Waals surface area contributed by atoms with E-state index in [1.165, 1.54) is 12.1 Å². The number of aromatic nitrogens is 6. The third kappa shape index (κ3) is 5.71. The van der Waals surface area contributed by atoms with Gasteiger partial charge in [0.05, 0.1) is 17.1 Å². The fourth-order valence-electron chi connectivity index (χ4n) is 4.98. The van der Waals surface area contributed by atoms with Crippen molar-refractivity contribution in [3.63, 3.8) is 0 Å². The van der Waals surface area contributed by atoms with Crippen molar-refractivity contribution in [1.82, 2.24) is 35.0 Å². The number of nitrogens with two attached hydrogens (primary N) is 1. The van der Waals surface area contributed by atoms with Crippen molar-refractivity contribution in [2.24, 2.45) is 5.14 Å². The number of primary sulfonamides is 1. The van der Waals surface area contributed by atoms with Crippen molar-refractivity contribution >= 4 is 32.1 Å². The van der Waals surface area contributed by atoms with Crippen LogP contribution in [-0.4, -0.2) is 63.3 Å². The molecule has 0 amide bonds. The lowest BCUT2D eigenvalue weighted by Crippen LogP contribution is -2.18. The molecule has 10 nitrogen and oxygen atoms in total. The van der Waals surface area contributed by atoms with Crippen LogP contribution < -0.4 is 5.14 Å². The number of hydrogen-bond donors (Lipinski definition) is 3. The Balaban J connectivity index is 1.40. The van der Waals surface area contributed by atoms with Crippen molar-refractivity contribution in [2.75, 3.05) is 19.8 Å². The molecule has 6 aromatic rings. The summed E-state index contributed by atoms with van der Waals surface area (Å²) in [5, 5.41) is 14.2. The molecule has 0 saturated heterocycles. The molecule has 41 heavy (non-hydrogen) atoms. The SMILES string of the molecule is CN(C)Cc1cncc(-c2cnc3n[nH]c(-c4cc5c(-c6cc(F)cc(CCS(N)(=O)=O)c6)ccnc5[nH]4)c3c2)c1. The number of pyridine rings is 3. The third-order valence-corrected chi connectivity index (χ3v) is 7.55. The number of sulfonamides is 1. The van der Waals surface area contributed by atoms with E-state index < -0.39 is 15.8 Å². The molecular formula is C29H27FN8O2S. The average Bonchev–Trinajstić information content (AvgIpc) is 3.54. The molecular weight excluding hydrogens is 543 g/mol. The number of aromatic amines is 2. The minimum absolute atomic E-state index is 0.110. The Labute approximate surface area is 235 Å². The molecule has 5 aromatic heterocycles. The van der Waals surface area contributed by atoms with E-state index >= 15 is 0 Å². The second kappa shape index (κ2) is 10.5. The van der Waals surface area contributed by atoms with Gasteiger partial charge in [0.15, 0.2) is 5.65 Å². The number of H-pyrrole nitrogens is 2.